The van der Waals surface area contributed by atoms with Crippen LogP contribution in [0.1, 0.15) is 30.8 Å². The SMILES string of the molecule is CC(C)(CC(N)=O)NC(=O)c1cc(Br)c[nH]1. The van der Waals surface area contributed by atoms with E-state index in [2.05, 4.69) is 26.2 Å². The first-order chi connectivity index (χ1) is 7.30. The second kappa shape index (κ2) is 4.69. The van der Waals surface area contributed by atoms with Crippen LogP contribution < -0.4 is 11.1 Å². The summed E-state index contributed by atoms with van der Waals surface area (Å²) in [6, 6.07) is 1.66. The lowest BCUT2D eigenvalue weighted by Crippen LogP contribution is -2.46. The van der Waals surface area contributed by atoms with E-state index in [1.165, 1.54) is 0 Å². The molecule has 0 aliphatic rings. The molecule has 88 valence electrons. The summed E-state index contributed by atoms with van der Waals surface area (Å²) in [5, 5.41) is 2.73. The van der Waals surface area contributed by atoms with Crippen molar-refractivity contribution >= 4 is 27.7 Å². The van der Waals surface area contributed by atoms with Gasteiger partial charge in [0, 0.05) is 22.6 Å². The van der Waals surface area contributed by atoms with Gasteiger partial charge in [-0.15, -0.1) is 0 Å². The lowest BCUT2D eigenvalue weighted by atomic mass is 10.0. The fourth-order valence-electron chi connectivity index (χ4n) is 1.35. The minimum absolute atomic E-state index is 0.0978. The number of hydrogen-bond donors (Lipinski definition) is 3. The van der Waals surface area contributed by atoms with E-state index in [4.69, 9.17) is 5.73 Å². The highest BCUT2D eigenvalue weighted by molar-refractivity contribution is 9.10. The van der Waals surface area contributed by atoms with Crippen LogP contribution in [0.15, 0.2) is 16.7 Å². The van der Waals surface area contributed by atoms with Gasteiger partial charge in [0.25, 0.3) is 5.91 Å². The predicted octanol–water partition coefficient (Wildman–Crippen LogP) is 1.16. The van der Waals surface area contributed by atoms with Gasteiger partial charge in [-0.25, -0.2) is 0 Å². The molecular weight excluding hydrogens is 274 g/mol. The topological polar surface area (TPSA) is 88.0 Å². The normalized spacial score (nSPS) is 11.2. The van der Waals surface area contributed by atoms with E-state index in [1.54, 1.807) is 26.1 Å². The number of carbonyl (C=O) groups is 2. The summed E-state index contributed by atoms with van der Waals surface area (Å²) in [7, 11) is 0. The number of nitrogens with two attached hydrogens (primary N) is 1. The van der Waals surface area contributed by atoms with Gasteiger partial charge in [-0.1, -0.05) is 0 Å². The Kier molecular flexibility index (Phi) is 3.74. The van der Waals surface area contributed by atoms with Crippen LogP contribution in [0, 0.1) is 0 Å². The molecule has 0 aliphatic carbocycles. The minimum Gasteiger partial charge on any atom is -0.370 e. The van der Waals surface area contributed by atoms with Gasteiger partial charge in [-0.3, -0.25) is 9.59 Å². The Morgan fingerprint density at radius 3 is 2.62 bits per heavy atom. The third-order valence-corrected chi connectivity index (χ3v) is 2.42. The van der Waals surface area contributed by atoms with Gasteiger partial charge in [0.15, 0.2) is 0 Å². The Hall–Kier alpha value is -1.30. The summed E-state index contributed by atoms with van der Waals surface area (Å²) in [6.07, 6.45) is 1.76. The maximum atomic E-state index is 11.7. The molecule has 2 amide bonds. The largest absolute Gasteiger partial charge is 0.370 e. The Bertz CT molecular complexity index is 412. The van der Waals surface area contributed by atoms with Gasteiger partial charge in [-0.2, -0.15) is 0 Å². The van der Waals surface area contributed by atoms with Crippen molar-refractivity contribution in [1.82, 2.24) is 10.3 Å². The zero-order chi connectivity index (χ0) is 12.3. The summed E-state index contributed by atoms with van der Waals surface area (Å²) in [4.78, 5) is 25.3. The average Bonchev–Trinajstić information content (AvgIpc) is 2.47. The average molecular weight is 288 g/mol. The van der Waals surface area contributed by atoms with Gasteiger partial charge < -0.3 is 16.0 Å². The van der Waals surface area contributed by atoms with E-state index < -0.39 is 11.4 Å². The molecule has 1 aromatic heterocycles. The second-order valence-electron chi connectivity index (χ2n) is 4.21. The molecule has 0 unspecified atom stereocenters. The number of hydrogen-bond acceptors (Lipinski definition) is 2. The minimum atomic E-state index is -0.652. The van der Waals surface area contributed by atoms with Gasteiger partial charge in [0.1, 0.15) is 5.69 Å². The van der Waals surface area contributed by atoms with E-state index in [0.717, 1.165) is 4.47 Å². The number of amides is 2. The molecule has 1 rings (SSSR count). The first-order valence-corrected chi connectivity index (χ1v) is 5.54. The van der Waals surface area contributed by atoms with Crippen molar-refractivity contribution < 1.29 is 9.59 Å². The van der Waals surface area contributed by atoms with Crippen LogP contribution in [0.2, 0.25) is 0 Å². The van der Waals surface area contributed by atoms with Crippen molar-refractivity contribution in [2.75, 3.05) is 0 Å². The molecule has 1 heterocycles. The van der Waals surface area contributed by atoms with Crippen LogP contribution in [-0.2, 0) is 4.79 Å². The third-order valence-electron chi connectivity index (χ3n) is 1.96. The van der Waals surface area contributed by atoms with Crippen LogP contribution in [0.3, 0.4) is 0 Å². The first-order valence-electron chi connectivity index (χ1n) is 4.75. The highest BCUT2D eigenvalue weighted by Gasteiger charge is 2.23. The number of rotatable bonds is 4. The van der Waals surface area contributed by atoms with E-state index in [9.17, 15) is 9.59 Å². The van der Waals surface area contributed by atoms with E-state index >= 15 is 0 Å². The number of carbonyl (C=O) groups excluding carboxylic acids is 2. The number of primary amides is 1. The Labute approximate surface area is 102 Å². The molecule has 0 aromatic carbocycles. The van der Waals surface area contributed by atoms with Crippen molar-refractivity contribution in [3.05, 3.63) is 22.4 Å². The zero-order valence-electron chi connectivity index (χ0n) is 9.13. The summed E-state index contributed by atoms with van der Waals surface area (Å²) in [5.41, 5.74) is 4.87. The molecule has 0 aliphatic heterocycles. The monoisotopic (exact) mass is 287 g/mol. The molecule has 5 nitrogen and oxygen atoms in total. The van der Waals surface area contributed by atoms with Crippen molar-refractivity contribution in [2.45, 2.75) is 25.8 Å². The van der Waals surface area contributed by atoms with Crippen LogP contribution >= 0.6 is 15.9 Å². The Morgan fingerprint density at radius 1 is 1.56 bits per heavy atom. The summed E-state index contributed by atoms with van der Waals surface area (Å²) in [6.45, 7) is 3.49. The van der Waals surface area contributed by atoms with Gasteiger partial charge in [0.2, 0.25) is 5.91 Å². The third kappa shape index (κ3) is 3.69. The number of aromatic nitrogens is 1. The molecule has 0 radical (unpaired) electrons. The molecular formula is C10H14BrN3O2. The highest BCUT2D eigenvalue weighted by Crippen LogP contribution is 2.13. The maximum absolute atomic E-state index is 11.7. The Balaban J connectivity index is 2.67. The fourth-order valence-corrected chi connectivity index (χ4v) is 1.70. The second-order valence-corrected chi connectivity index (χ2v) is 5.13. The molecule has 16 heavy (non-hydrogen) atoms. The van der Waals surface area contributed by atoms with E-state index in [0.29, 0.717) is 5.69 Å². The molecule has 0 bridgehead atoms. The Morgan fingerprint density at radius 2 is 2.19 bits per heavy atom. The molecule has 0 saturated heterocycles. The fraction of sp³-hybridized carbons (Fsp3) is 0.400. The van der Waals surface area contributed by atoms with Crippen molar-refractivity contribution in [3.63, 3.8) is 0 Å². The molecule has 0 atom stereocenters. The number of aromatic amines is 1. The van der Waals surface area contributed by atoms with Crippen LogP contribution in [0.5, 0.6) is 0 Å². The van der Waals surface area contributed by atoms with Crippen molar-refractivity contribution in [2.24, 2.45) is 5.73 Å². The molecule has 0 saturated carbocycles. The standard InChI is InChI=1S/C10H14BrN3O2/c1-10(2,4-8(12)15)14-9(16)7-3-6(11)5-13-7/h3,5,13H,4H2,1-2H3,(H2,12,15)(H,14,16). The number of H-pyrrole nitrogens is 1. The molecule has 0 fully saturated rings. The summed E-state index contributed by atoms with van der Waals surface area (Å²) < 4.78 is 0.797. The van der Waals surface area contributed by atoms with Crippen LogP contribution in [0.4, 0.5) is 0 Å². The van der Waals surface area contributed by atoms with Crippen LogP contribution in [-0.4, -0.2) is 22.3 Å². The quantitative estimate of drug-likeness (QED) is 0.776. The van der Waals surface area contributed by atoms with E-state index in [-0.39, 0.29) is 12.3 Å². The smallest absolute Gasteiger partial charge is 0.268 e. The summed E-state index contributed by atoms with van der Waals surface area (Å²) >= 11 is 3.24. The molecule has 6 heteroatoms. The van der Waals surface area contributed by atoms with Gasteiger partial charge >= 0.3 is 0 Å². The first kappa shape index (κ1) is 12.8. The zero-order valence-corrected chi connectivity index (χ0v) is 10.7. The predicted molar refractivity (Wildman–Crippen MR) is 63.8 cm³/mol. The number of halogens is 1. The lowest BCUT2D eigenvalue weighted by Gasteiger charge is -2.24. The lowest BCUT2D eigenvalue weighted by molar-refractivity contribution is -0.119. The van der Waals surface area contributed by atoms with E-state index in [1.807, 2.05) is 0 Å². The van der Waals surface area contributed by atoms with Crippen molar-refractivity contribution in [1.29, 1.82) is 0 Å². The van der Waals surface area contributed by atoms with Gasteiger partial charge in [-0.05, 0) is 35.8 Å². The molecule has 0 spiro atoms. The van der Waals surface area contributed by atoms with Crippen LogP contribution in [0.25, 0.3) is 0 Å². The maximum Gasteiger partial charge on any atom is 0.268 e. The highest BCUT2D eigenvalue weighted by atomic mass is 79.9. The summed E-state index contributed by atoms with van der Waals surface area (Å²) in [5.74, 6) is -0.713. The van der Waals surface area contributed by atoms with Gasteiger partial charge in [0.05, 0.1) is 0 Å². The molecule has 1 aromatic rings. The molecule has 4 N–H and O–H groups in total. The van der Waals surface area contributed by atoms with Crippen molar-refractivity contribution in [3.8, 4) is 0 Å². The number of nitrogens with one attached hydrogen (secondary N) is 2.